The van der Waals surface area contributed by atoms with Gasteiger partial charge in [0.15, 0.2) is 5.96 Å². The SMILES string of the molecule is CCCC(=O)O.NC(N)=NCCCC(=O)O. The summed E-state index contributed by atoms with van der Waals surface area (Å²) >= 11 is 0. The molecule has 0 unspecified atom stereocenters. The molecule has 0 saturated carbocycles. The first-order valence-corrected chi connectivity index (χ1v) is 4.89. The largest absolute Gasteiger partial charge is 0.481 e. The van der Waals surface area contributed by atoms with Crippen molar-refractivity contribution >= 4 is 17.9 Å². The molecule has 0 radical (unpaired) electrons. The molecule has 0 fully saturated rings. The molecule has 0 aliphatic carbocycles. The quantitative estimate of drug-likeness (QED) is 0.289. The number of nitrogens with two attached hydrogens (primary N) is 2. The number of carboxylic acid groups (broad SMARTS) is 2. The van der Waals surface area contributed by atoms with Gasteiger partial charge in [-0.2, -0.15) is 0 Å². The van der Waals surface area contributed by atoms with Crippen LogP contribution in [0.3, 0.4) is 0 Å². The molecule has 7 nitrogen and oxygen atoms in total. The number of hydrogen-bond acceptors (Lipinski definition) is 3. The molecular formula is C9H19N3O4. The zero-order valence-electron chi connectivity index (χ0n) is 9.35. The van der Waals surface area contributed by atoms with Crippen molar-refractivity contribution < 1.29 is 19.8 Å². The Morgan fingerprint density at radius 1 is 1.12 bits per heavy atom. The number of nitrogens with zero attached hydrogens (tertiary/aromatic N) is 1. The van der Waals surface area contributed by atoms with Gasteiger partial charge in [-0.15, -0.1) is 0 Å². The smallest absolute Gasteiger partial charge is 0.303 e. The van der Waals surface area contributed by atoms with E-state index < -0.39 is 11.9 Å². The summed E-state index contributed by atoms with van der Waals surface area (Å²) < 4.78 is 0. The van der Waals surface area contributed by atoms with Crippen LogP contribution >= 0.6 is 0 Å². The fourth-order valence-corrected chi connectivity index (χ4v) is 0.652. The number of rotatable bonds is 6. The molecule has 0 rings (SSSR count). The number of carbonyl (C=O) groups is 2. The molecule has 16 heavy (non-hydrogen) atoms. The number of hydrogen-bond donors (Lipinski definition) is 4. The summed E-state index contributed by atoms with van der Waals surface area (Å²) in [4.78, 5) is 23.1. The lowest BCUT2D eigenvalue weighted by Crippen LogP contribution is -2.23. The zero-order valence-corrected chi connectivity index (χ0v) is 9.35. The number of aliphatic imine (C=N–C) groups is 1. The van der Waals surface area contributed by atoms with E-state index in [2.05, 4.69) is 4.99 Å². The predicted molar refractivity (Wildman–Crippen MR) is 60.1 cm³/mol. The minimum absolute atomic E-state index is 0.00499. The van der Waals surface area contributed by atoms with E-state index >= 15 is 0 Å². The molecule has 0 bridgehead atoms. The van der Waals surface area contributed by atoms with E-state index in [1.807, 2.05) is 6.92 Å². The second-order valence-corrected chi connectivity index (χ2v) is 2.95. The van der Waals surface area contributed by atoms with E-state index in [1.54, 1.807) is 0 Å². The van der Waals surface area contributed by atoms with E-state index in [9.17, 15) is 9.59 Å². The number of carboxylic acids is 2. The van der Waals surface area contributed by atoms with E-state index in [1.165, 1.54) is 0 Å². The van der Waals surface area contributed by atoms with Crippen LogP contribution in [0.2, 0.25) is 0 Å². The molecule has 0 atom stereocenters. The second kappa shape index (κ2) is 11.3. The summed E-state index contributed by atoms with van der Waals surface area (Å²) in [5.41, 5.74) is 9.98. The van der Waals surface area contributed by atoms with E-state index in [0.29, 0.717) is 19.4 Å². The summed E-state index contributed by atoms with van der Waals surface area (Å²) in [6, 6.07) is 0. The van der Waals surface area contributed by atoms with Gasteiger partial charge in [-0.3, -0.25) is 14.6 Å². The molecule has 0 aromatic carbocycles. The van der Waals surface area contributed by atoms with E-state index in [0.717, 1.165) is 6.42 Å². The van der Waals surface area contributed by atoms with Crippen molar-refractivity contribution in [3.8, 4) is 0 Å². The Labute approximate surface area is 94.2 Å². The summed E-state index contributed by atoms with van der Waals surface area (Å²) in [5, 5.41) is 16.1. The molecule has 0 spiro atoms. The lowest BCUT2D eigenvalue weighted by molar-refractivity contribution is -0.138. The van der Waals surface area contributed by atoms with Crippen molar-refractivity contribution in [1.29, 1.82) is 0 Å². The van der Waals surface area contributed by atoms with Crippen molar-refractivity contribution in [1.82, 2.24) is 0 Å². The van der Waals surface area contributed by atoms with Crippen molar-refractivity contribution in [3.05, 3.63) is 0 Å². The topological polar surface area (TPSA) is 139 Å². The monoisotopic (exact) mass is 233 g/mol. The van der Waals surface area contributed by atoms with Crippen LogP contribution in [0.1, 0.15) is 32.6 Å². The highest BCUT2D eigenvalue weighted by atomic mass is 16.4. The Kier molecular flexibility index (Phi) is 11.7. The lowest BCUT2D eigenvalue weighted by Gasteiger charge is -1.91. The van der Waals surface area contributed by atoms with Gasteiger partial charge in [-0.25, -0.2) is 0 Å². The number of aliphatic carboxylic acids is 2. The summed E-state index contributed by atoms with van der Waals surface area (Å²) in [6.07, 6.45) is 1.61. The summed E-state index contributed by atoms with van der Waals surface area (Å²) in [5.74, 6) is -1.53. The van der Waals surface area contributed by atoms with E-state index in [-0.39, 0.29) is 12.4 Å². The molecule has 0 aromatic heterocycles. The fraction of sp³-hybridized carbons (Fsp3) is 0.667. The van der Waals surface area contributed by atoms with Crippen LogP contribution in [0.5, 0.6) is 0 Å². The molecule has 7 heteroatoms. The Balaban J connectivity index is 0. The molecule has 0 aliphatic rings. The molecule has 94 valence electrons. The van der Waals surface area contributed by atoms with Gasteiger partial charge in [0.1, 0.15) is 0 Å². The number of guanidine groups is 1. The van der Waals surface area contributed by atoms with Crippen LogP contribution in [0, 0.1) is 0 Å². The molecule has 0 aromatic rings. The third-order valence-corrected chi connectivity index (χ3v) is 1.31. The van der Waals surface area contributed by atoms with Gasteiger partial charge in [0, 0.05) is 19.4 Å². The standard InChI is InChI=1S/C5H11N3O2.C4H8O2/c6-5(7)8-3-1-2-4(9)10;1-2-3-4(5)6/h1-3H2,(H,9,10)(H4,6,7,8);2-3H2,1H3,(H,5,6). The summed E-state index contributed by atoms with van der Waals surface area (Å²) in [6.45, 7) is 2.22. The fourth-order valence-electron chi connectivity index (χ4n) is 0.652. The molecule has 6 N–H and O–H groups in total. The van der Waals surface area contributed by atoms with Crippen LogP contribution in [0.25, 0.3) is 0 Å². The van der Waals surface area contributed by atoms with Crippen molar-refractivity contribution in [2.24, 2.45) is 16.5 Å². The van der Waals surface area contributed by atoms with Gasteiger partial charge in [0.05, 0.1) is 0 Å². The third kappa shape index (κ3) is 22.8. The molecule has 0 saturated heterocycles. The van der Waals surface area contributed by atoms with E-state index in [4.69, 9.17) is 21.7 Å². The van der Waals surface area contributed by atoms with Gasteiger partial charge in [-0.1, -0.05) is 6.92 Å². The Morgan fingerprint density at radius 2 is 1.62 bits per heavy atom. The minimum Gasteiger partial charge on any atom is -0.481 e. The van der Waals surface area contributed by atoms with Crippen molar-refractivity contribution in [2.75, 3.05) is 6.54 Å². The van der Waals surface area contributed by atoms with Gasteiger partial charge >= 0.3 is 11.9 Å². The maximum atomic E-state index is 9.93. The predicted octanol–water partition coefficient (Wildman–Crippen LogP) is -0.00430. The maximum Gasteiger partial charge on any atom is 0.303 e. The van der Waals surface area contributed by atoms with Gasteiger partial charge < -0.3 is 21.7 Å². The molecule has 0 amide bonds. The van der Waals surface area contributed by atoms with Crippen molar-refractivity contribution in [3.63, 3.8) is 0 Å². The molecule has 0 heterocycles. The highest BCUT2D eigenvalue weighted by Gasteiger charge is 1.93. The van der Waals surface area contributed by atoms with Gasteiger partial charge in [0.25, 0.3) is 0 Å². The lowest BCUT2D eigenvalue weighted by atomic mass is 10.3. The van der Waals surface area contributed by atoms with Crippen LogP contribution in [-0.4, -0.2) is 34.7 Å². The van der Waals surface area contributed by atoms with Gasteiger partial charge in [-0.05, 0) is 12.8 Å². The van der Waals surface area contributed by atoms with Crippen LogP contribution in [0.15, 0.2) is 4.99 Å². The Hall–Kier alpha value is -1.79. The molecule has 0 aliphatic heterocycles. The summed E-state index contributed by atoms with van der Waals surface area (Å²) in [7, 11) is 0. The zero-order chi connectivity index (χ0) is 13.0. The maximum absolute atomic E-state index is 9.93. The van der Waals surface area contributed by atoms with Crippen LogP contribution in [0.4, 0.5) is 0 Å². The highest BCUT2D eigenvalue weighted by molar-refractivity contribution is 5.75. The average molecular weight is 233 g/mol. The van der Waals surface area contributed by atoms with Gasteiger partial charge in [0.2, 0.25) is 0 Å². The first kappa shape index (κ1) is 16.6. The molecular weight excluding hydrogens is 214 g/mol. The highest BCUT2D eigenvalue weighted by Crippen LogP contribution is 1.87. The normalized spacial score (nSPS) is 8.56. The first-order valence-electron chi connectivity index (χ1n) is 4.89. The Morgan fingerprint density at radius 3 is 1.88 bits per heavy atom. The first-order chi connectivity index (χ1) is 7.40. The van der Waals surface area contributed by atoms with Crippen LogP contribution < -0.4 is 11.5 Å². The average Bonchev–Trinajstić information content (AvgIpc) is 2.12. The minimum atomic E-state index is -0.828. The third-order valence-electron chi connectivity index (χ3n) is 1.31. The van der Waals surface area contributed by atoms with Crippen molar-refractivity contribution in [2.45, 2.75) is 32.6 Å². The Bertz CT molecular complexity index is 237. The second-order valence-electron chi connectivity index (χ2n) is 2.95. The van der Waals surface area contributed by atoms with Crippen LogP contribution in [-0.2, 0) is 9.59 Å².